The van der Waals surface area contributed by atoms with Gasteiger partial charge in [-0.1, -0.05) is 17.7 Å². The SMILES string of the molecule is COC(=O)C(F)(F)C1COc2cc(OCc3cc(Cl)cc4c3OCO4)ccc21. The molecule has 2 aliphatic rings. The highest BCUT2D eigenvalue weighted by molar-refractivity contribution is 6.30. The Bertz CT molecular complexity index is 933. The molecule has 1 atom stereocenters. The Hall–Kier alpha value is -2.74. The third-order valence-electron chi connectivity index (χ3n) is 4.57. The highest BCUT2D eigenvalue weighted by atomic mass is 35.5. The summed E-state index contributed by atoms with van der Waals surface area (Å²) >= 11 is 6.06. The first-order valence-electron chi connectivity index (χ1n) is 8.34. The van der Waals surface area contributed by atoms with Crippen molar-refractivity contribution in [1.29, 1.82) is 0 Å². The topological polar surface area (TPSA) is 63.2 Å². The zero-order valence-corrected chi connectivity index (χ0v) is 15.4. The molecule has 0 aliphatic carbocycles. The van der Waals surface area contributed by atoms with Crippen LogP contribution in [0.3, 0.4) is 0 Å². The Kier molecular flexibility index (Phi) is 4.66. The number of hydrogen-bond acceptors (Lipinski definition) is 6. The van der Waals surface area contributed by atoms with Crippen LogP contribution in [0.2, 0.25) is 5.02 Å². The van der Waals surface area contributed by atoms with Crippen LogP contribution in [-0.4, -0.2) is 32.4 Å². The van der Waals surface area contributed by atoms with E-state index in [2.05, 4.69) is 4.74 Å². The number of fused-ring (bicyclic) bond motifs is 2. The van der Waals surface area contributed by atoms with Gasteiger partial charge in [0.15, 0.2) is 11.5 Å². The van der Waals surface area contributed by atoms with Crippen molar-refractivity contribution in [2.24, 2.45) is 0 Å². The fourth-order valence-electron chi connectivity index (χ4n) is 3.17. The lowest BCUT2D eigenvalue weighted by Gasteiger charge is -2.19. The number of rotatable bonds is 5. The number of carbonyl (C=O) groups is 1. The molecule has 0 saturated carbocycles. The average molecular weight is 413 g/mol. The molecule has 0 spiro atoms. The molecule has 28 heavy (non-hydrogen) atoms. The van der Waals surface area contributed by atoms with E-state index in [1.165, 1.54) is 18.2 Å². The van der Waals surface area contributed by atoms with Crippen LogP contribution < -0.4 is 18.9 Å². The number of benzene rings is 2. The Morgan fingerprint density at radius 3 is 2.82 bits per heavy atom. The average Bonchev–Trinajstić information content (AvgIpc) is 3.31. The van der Waals surface area contributed by atoms with Gasteiger partial charge in [0, 0.05) is 28.3 Å². The second-order valence-electron chi connectivity index (χ2n) is 6.27. The van der Waals surface area contributed by atoms with Gasteiger partial charge >= 0.3 is 11.9 Å². The van der Waals surface area contributed by atoms with E-state index in [0.717, 1.165) is 7.11 Å². The van der Waals surface area contributed by atoms with Crippen molar-refractivity contribution in [2.75, 3.05) is 20.5 Å². The van der Waals surface area contributed by atoms with Crippen molar-refractivity contribution in [3.05, 3.63) is 46.5 Å². The van der Waals surface area contributed by atoms with Crippen molar-refractivity contribution >= 4 is 17.6 Å². The van der Waals surface area contributed by atoms with Gasteiger partial charge in [0.05, 0.1) is 13.0 Å². The Morgan fingerprint density at radius 2 is 2.04 bits per heavy atom. The predicted molar refractivity (Wildman–Crippen MR) is 93.5 cm³/mol. The molecule has 4 rings (SSSR count). The van der Waals surface area contributed by atoms with Crippen molar-refractivity contribution in [3.8, 4) is 23.0 Å². The van der Waals surface area contributed by atoms with Crippen molar-refractivity contribution in [1.82, 2.24) is 0 Å². The van der Waals surface area contributed by atoms with Gasteiger partial charge in [-0.25, -0.2) is 4.79 Å². The summed E-state index contributed by atoms with van der Waals surface area (Å²) in [6, 6.07) is 7.85. The Balaban J connectivity index is 1.52. The first-order chi connectivity index (χ1) is 13.4. The molecule has 2 aromatic carbocycles. The molecule has 0 aromatic heterocycles. The van der Waals surface area contributed by atoms with Crippen LogP contribution in [0.25, 0.3) is 0 Å². The van der Waals surface area contributed by atoms with Crippen molar-refractivity contribution in [3.63, 3.8) is 0 Å². The lowest BCUT2D eigenvalue weighted by Crippen LogP contribution is -2.37. The minimum atomic E-state index is -3.68. The van der Waals surface area contributed by atoms with Gasteiger partial charge in [-0.3, -0.25) is 0 Å². The summed E-state index contributed by atoms with van der Waals surface area (Å²) in [6.45, 7) is -0.0915. The number of halogens is 3. The smallest absolute Gasteiger partial charge is 0.377 e. The largest absolute Gasteiger partial charge is 0.492 e. The molecule has 1 unspecified atom stereocenters. The van der Waals surface area contributed by atoms with Gasteiger partial charge < -0.3 is 23.7 Å². The maximum atomic E-state index is 14.2. The van der Waals surface area contributed by atoms with E-state index < -0.39 is 17.8 Å². The number of ether oxygens (including phenoxy) is 5. The zero-order chi connectivity index (χ0) is 19.9. The van der Waals surface area contributed by atoms with E-state index in [9.17, 15) is 13.6 Å². The maximum absolute atomic E-state index is 14.2. The molecule has 0 radical (unpaired) electrons. The lowest BCUT2D eigenvalue weighted by molar-refractivity contribution is -0.172. The zero-order valence-electron chi connectivity index (χ0n) is 14.7. The molecule has 6 nitrogen and oxygen atoms in total. The summed E-state index contributed by atoms with van der Waals surface area (Å²) in [5.41, 5.74) is 0.916. The summed E-state index contributed by atoms with van der Waals surface area (Å²) in [6.07, 6.45) is 0. The Morgan fingerprint density at radius 1 is 1.21 bits per heavy atom. The van der Waals surface area contributed by atoms with E-state index in [4.69, 9.17) is 30.5 Å². The van der Waals surface area contributed by atoms with Crippen LogP contribution in [0.4, 0.5) is 8.78 Å². The third-order valence-corrected chi connectivity index (χ3v) is 4.79. The maximum Gasteiger partial charge on any atom is 0.377 e. The molecule has 0 amide bonds. The summed E-state index contributed by atoms with van der Waals surface area (Å²) in [4.78, 5) is 11.4. The van der Waals surface area contributed by atoms with E-state index in [1.54, 1.807) is 12.1 Å². The molecule has 0 fully saturated rings. The van der Waals surface area contributed by atoms with Gasteiger partial charge in [-0.15, -0.1) is 0 Å². The first kappa shape index (κ1) is 18.6. The van der Waals surface area contributed by atoms with E-state index in [1.807, 2.05) is 0 Å². The van der Waals surface area contributed by atoms with Crippen molar-refractivity contribution < 1.29 is 37.3 Å². The van der Waals surface area contributed by atoms with Crippen LogP contribution >= 0.6 is 11.6 Å². The van der Waals surface area contributed by atoms with Gasteiger partial charge in [0.1, 0.15) is 24.7 Å². The monoisotopic (exact) mass is 412 g/mol. The Labute approximate surface area is 163 Å². The molecule has 148 valence electrons. The van der Waals surface area contributed by atoms with Gasteiger partial charge in [0.25, 0.3) is 0 Å². The summed E-state index contributed by atoms with van der Waals surface area (Å²) in [5, 5.41) is 0.480. The number of carbonyl (C=O) groups excluding carboxylic acids is 1. The third kappa shape index (κ3) is 3.17. The predicted octanol–water partition coefficient (Wildman–Crippen LogP) is 3.93. The van der Waals surface area contributed by atoms with Crippen LogP contribution in [0.1, 0.15) is 17.0 Å². The van der Waals surface area contributed by atoms with Gasteiger partial charge in [0.2, 0.25) is 6.79 Å². The molecular weight excluding hydrogens is 398 g/mol. The van der Waals surface area contributed by atoms with E-state index in [-0.39, 0.29) is 31.3 Å². The number of hydrogen-bond donors (Lipinski definition) is 0. The number of alkyl halides is 2. The minimum Gasteiger partial charge on any atom is -0.492 e. The second kappa shape index (κ2) is 7.01. The summed E-state index contributed by atoms with van der Waals surface area (Å²) in [7, 11) is 0.922. The van der Waals surface area contributed by atoms with Crippen LogP contribution in [0.15, 0.2) is 30.3 Å². The summed E-state index contributed by atoms with van der Waals surface area (Å²) < 4.78 is 54.4. The molecule has 2 aromatic rings. The molecule has 0 N–H and O–H groups in total. The van der Waals surface area contributed by atoms with E-state index >= 15 is 0 Å². The van der Waals surface area contributed by atoms with Crippen LogP contribution in [-0.2, 0) is 16.1 Å². The molecular formula is C19H15ClF2O6. The molecule has 2 aliphatic heterocycles. The minimum absolute atomic E-state index is 0.102. The standard InChI is InChI=1S/C19H15ClF2O6/c1-24-18(23)19(21,22)14-8-26-15-6-12(2-3-13(14)15)25-7-10-4-11(20)5-16-17(10)28-9-27-16/h2-6,14H,7-9H2,1H3. The number of methoxy groups -OCH3 is 1. The molecule has 9 heteroatoms. The quantitative estimate of drug-likeness (QED) is 0.693. The van der Waals surface area contributed by atoms with Crippen LogP contribution in [0, 0.1) is 0 Å². The van der Waals surface area contributed by atoms with Crippen LogP contribution in [0.5, 0.6) is 23.0 Å². The second-order valence-corrected chi connectivity index (χ2v) is 6.70. The highest BCUT2D eigenvalue weighted by Crippen LogP contribution is 2.45. The van der Waals surface area contributed by atoms with E-state index in [0.29, 0.717) is 27.8 Å². The van der Waals surface area contributed by atoms with Gasteiger partial charge in [-0.05, 0) is 12.1 Å². The first-order valence-corrected chi connectivity index (χ1v) is 8.71. The molecule has 0 bridgehead atoms. The fraction of sp³-hybridized carbons (Fsp3) is 0.316. The normalized spacial score (nSPS) is 17.1. The van der Waals surface area contributed by atoms with Crippen molar-refractivity contribution in [2.45, 2.75) is 18.4 Å². The molecule has 0 saturated heterocycles. The van der Waals surface area contributed by atoms with Gasteiger partial charge in [-0.2, -0.15) is 8.78 Å². The summed E-state index contributed by atoms with van der Waals surface area (Å²) in [5.74, 6) is -4.94. The lowest BCUT2D eigenvalue weighted by atomic mass is 9.94. The highest BCUT2D eigenvalue weighted by Gasteiger charge is 2.52. The fourth-order valence-corrected chi connectivity index (χ4v) is 3.40. The molecule has 2 heterocycles. The number of esters is 1.